The van der Waals surface area contributed by atoms with E-state index in [9.17, 15) is 13.2 Å². The summed E-state index contributed by atoms with van der Waals surface area (Å²) in [5, 5.41) is 0. The molecular formula is C11H12F3NS. The Kier molecular flexibility index (Phi) is 4.29. The zero-order chi connectivity index (χ0) is 12.2. The number of nitrogen functional groups attached to an aromatic ring is 1. The fraction of sp³-hybridized carbons (Fsp3) is 0.273. The van der Waals surface area contributed by atoms with Crippen LogP contribution in [0.25, 0.3) is 6.08 Å². The van der Waals surface area contributed by atoms with E-state index < -0.39 is 11.7 Å². The van der Waals surface area contributed by atoms with Crippen molar-refractivity contribution in [2.45, 2.75) is 12.6 Å². The van der Waals surface area contributed by atoms with Crippen molar-refractivity contribution in [3.8, 4) is 0 Å². The highest BCUT2D eigenvalue weighted by Crippen LogP contribution is 2.31. The van der Waals surface area contributed by atoms with E-state index >= 15 is 0 Å². The van der Waals surface area contributed by atoms with Crippen LogP contribution in [0.2, 0.25) is 0 Å². The first-order valence-corrected chi connectivity index (χ1v) is 5.32. The van der Waals surface area contributed by atoms with Gasteiger partial charge in [0.25, 0.3) is 0 Å². The van der Waals surface area contributed by atoms with Crippen molar-refractivity contribution >= 4 is 24.4 Å². The third-order valence-corrected chi connectivity index (χ3v) is 2.17. The van der Waals surface area contributed by atoms with Crippen molar-refractivity contribution in [3.05, 3.63) is 35.4 Å². The number of anilines is 1. The molecule has 5 heteroatoms. The topological polar surface area (TPSA) is 26.0 Å². The van der Waals surface area contributed by atoms with E-state index in [-0.39, 0.29) is 5.69 Å². The third-order valence-electron chi connectivity index (χ3n) is 1.91. The molecule has 1 aromatic carbocycles. The number of allylic oxidation sites excluding steroid dienone is 1. The predicted molar refractivity (Wildman–Crippen MR) is 63.4 cm³/mol. The lowest BCUT2D eigenvalue weighted by Crippen LogP contribution is -2.06. The Morgan fingerprint density at radius 2 is 1.94 bits per heavy atom. The minimum absolute atomic E-state index is 0.111. The molecule has 0 bridgehead atoms. The average Bonchev–Trinajstić information content (AvgIpc) is 2.16. The summed E-state index contributed by atoms with van der Waals surface area (Å²) in [6.07, 6.45) is -0.273. The van der Waals surface area contributed by atoms with E-state index in [4.69, 9.17) is 5.73 Å². The van der Waals surface area contributed by atoms with Crippen LogP contribution in [-0.4, -0.2) is 5.75 Å². The van der Waals surface area contributed by atoms with Crippen LogP contribution in [0.1, 0.15) is 17.5 Å². The van der Waals surface area contributed by atoms with E-state index in [1.165, 1.54) is 6.07 Å². The second-order valence-electron chi connectivity index (χ2n) is 3.30. The Morgan fingerprint density at radius 3 is 2.50 bits per heavy atom. The Hall–Kier alpha value is -1.10. The van der Waals surface area contributed by atoms with E-state index in [1.807, 2.05) is 0 Å². The van der Waals surface area contributed by atoms with Gasteiger partial charge in [0.2, 0.25) is 0 Å². The number of hydrogen-bond acceptors (Lipinski definition) is 2. The quantitative estimate of drug-likeness (QED) is 0.619. The smallest absolute Gasteiger partial charge is 0.399 e. The summed E-state index contributed by atoms with van der Waals surface area (Å²) < 4.78 is 37.3. The van der Waals surface area contributed by atoms with Gasteiger partial charge in [-0.25, -0.2) is 0 Å². The second kappa shape index (κ2) is 5.30. The second-order valence-corrected chi connectivity index (χ2v) is 3.75. The zero-order valence-electron chi connectivity index (χ0n) is 8.46. The fourth-order valence-electron chi connectivity index (χ4n) is 1.23. The van der Waals surface area contributed by atoms with Crippen molar-refractivity contribution < 1.29 is 13.2 Å². The molecule has 1 nitrogen and oxygen atoms in total. The standard InChI is InChI=1S/C11H12F3NS/c12-11(13,14)9-5-8(3-1-2-4-16)6-10(15)7-9/h1,3,5-7,16H,2,4,15H2. The van der Waals surface area contributed by atoms with Gasteiger partial charge in [0.05, 0.1) is 5.56 Å². The van der Waals surface area contributed by atoms with Gasteiger partial charge < -0.3 is 5.73 Å². The van der Waals surface area contributed by atoms with Crippen LogP contribution < -0.4 is 5.73 Å². The van der Waals surface area contributed by atoms with Gasteiger partial charge in [-0.2, -0.15) is 25.8 Å². The first-order chi connectivity index (χ1) is 7.43. The summed E-state index contributed by atoms with van der Waals surface area (Å²) in [7, 11) is 0. The largest absolute Gasteiger partial charge is 0.416 e. The number of alkyl halides is 3. The van der Waals surface area contributed by atoms with E-state index in [1.54, 1.807) is 12.2 Å². The van der Waals surface area contributed by atoms with Gasteiger partial charge in [-0.1, -0.05) is 12.2 Å². The molecule has 0 aliphatic rings. The van der Waals surface area contributed by atoms with Crippen LogP contribution in [0.3, 0.4) is 0 Å². The molecular weight excluding hydrogens is 235 g/mol. The molecule has 0 aliphatic carbocycles. The molecule has 0 aliphatic heterocycles. The Labute approximate surface area is 97.6 Å². The van der Waals surface area contributed by atoms with Crippen molar-refractivity contribution in [2.75, 3.05) is 11.5 Å². The molecule has 0 spiro atoms. The highest BCUT2D eigenvalue weighted by atomic mass is 32.1. The van der Waals surface area contributed by atoms with Crippen molar-refractivity contribution in [1.82, 2.24) is 0 Å². The molecule has 88 valence electrons. The molecule has 2 N–H and O–H groups in total. The Balaban J connectivity index is 2.99. The summed E-state index contributed by atoms with van der Waals surface area (Å²) in [5.74, 6) is 0.658. The molecule has 0 unspecified atom stereocenters. The Bertz CT molecular complexity index is 385. The van der Waals surface area contributed by atoms with Crippen molar-refractivity contribution in [1.29, 1.82) is 0 Å². The summed E-state index contributed by atoms with van der Waals surface area (Å²) in [5.41, 5.74) is 5.25. The van der Waals surface area contributed by atoms with Crippen LogP contribution in [0.15, 0.2) is 24.3 Å². The number of nitrogens with two attached hydrogens (primary N) is 1. The lowest BCUT2D eigenvalue weighted by atomic mass is 10.1. The van der Waals surface area contributed by atoms with Crippen LogP contribution >= 0.6 is 12.6 Å². The number of thiol groups is 1. The van der Waals surface area contributed by atoms with Gasteiger partial charge in [0.1, 0.15) is 0 Å². The van der Waals surface area contributed by atoms with Crippen LogP contribution in [0.5, 0.6) is 0 Å². The minimum atomic E-state index is -4.36. The van der Waals surface area contributed by atoms with Gasteiger partial charge in [-0.15, -0.1) is 0 Å². The fourth-order valence-corrected chi connectivity index (χ4v) is 1.38. The maximum atomic E-state index is 12.4. The van der Waals surface area contributed by atoms with Gasteiger partial charge in [-0.05, 0) is 35.9 Å². The summed E-state index contributed by atoms with van der Waals surface area (Å²) in [6, 6.07) is 3.51. The first-order valence-electron chi connectivity index (χ1n) is 4.68. The first kappa shape index (κ1) is 13.0. The molecule has 1 rings (SSSR count). The molecule has 0 amide bonds. The molecule has 0 aromatic heterocycles. The highest BCUT2D eigenvalue weighted by Gasteiger charge is 2.30. The van der Waals surface area contributed by atoms with Crippen LogP contribution in [-0.2, 0) is 6.18 Å². The molecule has 0 atom stereocenters. The zero-order valence-corrected chi connectivity index (χ0v) is 9.35. The SMILES string of the molecule is Nc1cc(C=CCCS)cc(C(F)(F)F)c1. The van der Waals surface area contributed by atoms with Gasteiger partial charge >= 0.3 is 6.18 Å². The number of hydrogen-bond donors (Lipinski definition) is 2. The summed E-state index contributed by atoms with van der Waals surface area (Å²) in [6.45, 7) is 0. The molecule has 0 heterocycles. The molecule has 0 saturated heterocycles. The summed E-state index contributed by atoms with van der Waals surface area (Å²) in [4.78, 5) is 0. The van der Waals surface area contributed by atoms with Crippen LogP contribution in [0.4, 0.5) is 18.9 Å². The molecule has 16 heavy (non-hydrogen) atoms. The normalized spacial score (nSPS) is 12.2. The van der Waals surface area contributed by atoms with E-state index in [2.05, 4.69) is 12.6 Å². The summed E-state index contributed by atoms with van der Waals surface area (Å²) >= 11 is 4.00. The van der Waals surface area contributed by atoms with Crippen molar-refractivity contribution in [3.63, 3.8) is 0 Å². The van der Waals surface area contributed by atoms with Gasteiger partial charge in [0, 0.05) is 5.69 Å². The highest BCUT2D eigenvalue weighted by molar-refractivity contribution is 7.80. The average molecular weight is 247 g/mol. The van der Waals surface area contributed by atoms with Crippen molar-refractivity contribution in [2.24, 2.45) is 0 Å². The molecule has 0 fully saturated rings. The van der Waals surface area contributed by atoms with E-state index in [0.29, 0.717) is 17.7 Å². The maximum absolute atomic E-state index is 12.4. The molecule has 0 radical (unpaired) electrons. The minimum Gasteiger partial charge on any atom is -0.399 e. The molecule has 0 saturated carbocycles. The number of halogens is 3. The predicted octanol–water partition coefficient (Wildman–Crippen LogP) is 3.62. The third kappa shape index (κ3) is 3.81. The lowest BCUT2D eigenvalue weighted by molar-refractivity contribution is -0.137. The monoisotopic (exact) mass is 247 g/mol. The van der Waals surface area contributed by atoms with Gasteiger partial charge in [0.15, 0.2) is 0 Å². The number of rotatable bonds is 3. The molecule has 1 aromatic rings. The lowest BCUT2D eigenvalue weighted by Gasteiger charge is -2.08. The Morgan fingerprint density at radius 1 is 1.25 bits per heavy atom. The van der Waals surface area contributed by atoms with E-state index in [0.717, 1.165) is 12.1 Å². The van der Waals surface area contributed by atoms with Gasteiger partial charge in [-0.3, -0.25) is 0 Å². The van der Waals surface area contributed by atoms with Crippen LogP contribution in [0, 0.1) is 0 Å². The maximum Gasteiger partial charge on any atom is 0.416 e. The number of benzene rings is 1.